The highest BCUT2D eigenvalue weighted by atomic mass is 35.5. The number of hydrogen-bond donors (Lipinski definition) is 0. The van der Waals surface area contributed by atoms with Crippen LogP contribution in [-0.2, 0) is 9.84 Å². The quantitative estimate of drug-likeness (QED) is 0.615. The maximum atomic E-state index is 11.3. The van der Waals surface area contributed by atoms with Crippen LogP contribution >= 0.6 is 11.6 Å². The van der Waals surface area contributed by atoms with E-state index in [9.17, 15) is 8.42 Å². The zero-order valence-electron chi connectivity index (χ0n) is 9.73. The van der Waals surface area contributed by atoms with Gasteiger partial charge in [0.15, 0.2) is 9.84 Å². The standard InChI is InChI=1S/C13H13ClO3S/c14-8-1-2-11-3-5-12(6-4-11)17-13-7-9-18(15,16)10-13/h3-6,13H,7-10H2. The predicted octanol–water partition coefficient (Wildman–Crippen LogP) is 1.84. The fourth-order valence-electron chi connectivity index (χ4n) is 1.80. The molecule has 3 nitrogen and oxygen atoms in total. The minimum absolute atomic E-state index is 0.112. The van der Waals surface area contributed by atoms with Crippen LogP contribution in [0.15, 0.2) is 24.3 Å². The molecular weight excluding hydrogens is 272 g/mol. The van der Waals surface area contributed by atoms with Gasteiger partial charge in [0, 0.05) is 5.56 Å². The Morgan fingerprint density at radius 1 is 1.33 bits per heavy atom. The monoisotopic (exact) mass is 284 g/mol. The van der Waals surface area contributed by atoms with Crippen LogP contribution in [0.5, 0.6) is 5.75 Å². The molecular formula is C13H13ClO3S. The van der Waals surface area contributed by atoms with Crippen molar-refractivity contribution in [3.05, 3.63) is 29.8 Å². The molecule has 96 valence electrons. The zero-order chi connectivity index (χ0) is 13.0. The third kappa shape index (κ3) is 3.66. The molecule has 2 rings (SSSR count). The van der Waals surface area contributed by atoms with E-state index in [1.165, 1.54) is 0 Å². The fourth-order valence-corrected chi connectivity index (χ4v) is 3.46. The van der Waals surface area contributed by atoms with Crippen LogP contribution in [0.1, 0.15) is 12.0 Å². The van der Waals surface area contributed by atoms with Gasteiger partial charge in [-0.05, 0) is 30.7 Å². The van der Waals surface area contributed by atoms with Gasteiger partial charge in [-0.15, -0.1) is 11.6 Å². The SMILES string of the molecule is O=S1(=O)CCC(Oc2ccc(C#CCCl)cc2)C1. The van der Waals surface area contributed by atoms with Gasteiger partial charge in [0.2, 0.25) is 0 Å². The highest BCUT2D eigenvalue weighted by Gasteiger charge is 2.29. The summed E-state index contributed by atoms with van der Waals surface area (Å²) in [5.74, 6) is 6.97. The maximum absolute atomic E-state index is 11.3. The molecule has 18 heavy (non-hydrogen) atoms. The van der Waals surface area contributed by atoms with Crippen molar-refractivity contribution in [2.45, 2.75) is 12.5 Å². The predicted molar refractivity (Wildman–Crippen MR) is 71.7 cm³/mol. The van der Waals surface area contributed by atoms with Crippen molar-refractivity contribution in [3.8, 4) is 17.6 Å². The molecule has 0 aliphatic carbocycles. The van der Waals surface area contributed by atoms with Crippen LogP contribution in [0.25, 0.3) is 0 Å². The number of hydrogen-bond acceptors (Lipinski definition) is 3. The lowest BCUT2D eigenvalue weighted by atomic mass is 10.2. The van der Waals surface area contributed by atoms with Gasteiger partial charge in [-0.25, -0.2) is 8.42 Å². The lowest BCUT2D eigenvalue weighted by Crippen LogP contribution is -2.17. The first-order valence-electron chi connectivity index (χ1n) is 5.61. The van der Waals surface area contributed by atoms with E-state index in [-0.39, 0.29) is 17.6 Å². The van der Waals surface area contributed by atoms with E-state index in [2.05, 4.69) is 11.8 Å². The molecule has 0 bridgehead atoms. The summed E-state index contributed by atoms with van der Waals surface area (Å²) >= 11 is 5.47. The summed E-state index contributed by atoms with van der Waals surface area (Å²) in [6.45, 7) is 0. The van der Waals surface area contributed by atoms with E-state index in [4.69, 9.17) is 16.3 Å². The topological polar surface area (TPSA) is 43.4 Å². The molecule has 1 unspecified atom stereocenters. The first-order chi connectivity index (χ1) is 8.59. The van der Waals surface area contributed by atoms with Crippen molar-refractivity contribution >= 4 is 21.4 Å². The van der Waals surface area contributed by atoms with Crippen LogP contribution in [0.4, 0.5) is 0 Å². The zero-order valence-corrected chi connectivity index (χ0v) is 11.3. The first-order valence-corrected chi connectivity index (χ1v) is 7.97. The Morgan fingerprint density at radius 2 is 2.06 bits per heavy atom. The molecule has 1 aliphatic rings. The number of alkyl halides is 1. The lowest BCUT2D eigenvalue weighted by molar-refractivity contribution is 0.229. The number of rotatable bonds is 2. The van der Waals surface area contributed by atoms with Crippen molar-refractivity contribution < 1.29 is 13.2 Å². The van der Waals surface area contributed by atoms with Crippen molar-refractivity contribution in [2.75, 3.05) is 17.4 Å². The molecule has 0 amide bonds. The highest BCUT2D eigenvalue weighted by molar-refractivity contribution is 7.91. The minimum Gasteiger partial charge on any atom is -0.489 e. The second-order valence-corrected chi connectivity index (χ2v) is 6.60. The highest BCUT2D eigenvalue weighted by Crippen LogP contribution is 2.20. The van der Waals surface area contributed by atoms with Crippen LogP contribution < -0.4 is 4.74 Å². The summed E-state index contributed by atoms with van der Waals surface area (Å²) in [4.78, 5) is 0. The van der Waals surface area contributed by atoms with Crippen molar-refractivity contribution in [2.24, 2.45) is 0 Å². The smallest absolute Gasteiger partial charge is 0.154 e. The molecule has 1 saturated heterocycles. The molecule has 1 aliphatic heterocycles. The van der Waals surface area contributed by atoms with E-state index < -0.39 is 9.84 Å². The Morgan fingerprint density at radius 3 is 2.61 bits per heavy atom. The van der Waals surface area contributed by atoms with Crippen LogP contribution in [-0.4, -0.2) is 31.9 Å². The summed E-state index contributed by atoms with van der Waals surface area (Å²) in [6, 6.07) is 7.25. The molecule has 0 aromatic heterocycles. The average molecular weight is 285 g/mol. The van der Waals surface area contributed by atoms with Gasteiger partial charge in [-0.2, -0.15) is 0 Å². The molecule has 1 aromatic rings. The summed E-state index contributed by atoms with van der Waals surface area (Å²) in [6.07, 6.45) is 0.339. The van der Waals surface area contributed by atoms with Gasteiger partial charge in [-0.3, -0.25) is 0 Å². The summed E-state index contributed by atoms with van der Waals surface area (Å²) in [5.41, 5.74) is 0.863. The average Bonchev–Trinajstić information content (AvgIpc) is 2.68. The summed E-state index contributed by atoms with van der Waals surface area (Å²) in [5, 5.41) is 0. The van der Waals surface area contributed by atoms with Crippen LogP contribution in [0.3, 0.4) is 0 Å². The molecule has 1 fully saturated rings. The van der Waals surface area contributed by atoms with Crippen LogP contribution in [0, 0.1) is 11.8 Å². The van der Waals surface area contributed by atoms with Gasteiger partial charge in [-0.1, -0.05) is 11.8 Å². The number of benzene rings is 1. The molecule has 0 radical (unpaired) electrons. The number of ether oxygens (including phenoxy) is 1. The second-order valence-electron chi connectivity index (χ2n) is 4.10. The van der Waals surface area contributed by atoms with E-state index in [0.29, 0.717) is 18.1 Å². The van der Waals surface area contributed by atoms with E-state index in [0.717, 1.165) is 5.56 Å². The van der Waals surface area contributed by atoms with Gasteiger partial charge < -0.3 is 4.74 Å². The Labute approximate surface area is 112 Å². The Balaban J connectivity index is 1.99. The van der Waals surface area contributed by atoms with Crippen LogP contribution in [0.2, 0.25) is 0 Å². The largest absolute Gasteiger partial charge is 0.489 e. The van der Waals surface area contributed by atoms with E-state index in [1.807, 2.05) is 12.1 Å². The summed E-state index contributed by atoms with van der Waals surface area (Å²) in [7, 11) is -2.90. The number of halogens is 1. The molecule has 0 spiro atoms. The fraction of sp³-hybridized carbons (Fsp3) is 0.385. The molecule has 0 N–H and O–H groups in total. The van der Waals surface area contributed by atoms with Gasteiger partial charge in [0.1, 0.15) is 11.9 Å². The Hall–Kier alpha value is -1.18. The third-order valence-electron chi connectivity index (χ3n) is 2.65. The van der Waals surface area contributed by atoms with Crippen molar-refractivity contribution in [1.29, 1.82) is 0 Å². The molecule has 1 heterocycles. The van der Waals surface area contributed by atoms with Crippen molar-refractivity contribution in [1.82, 2.24) is 0 Å². The molecule has 5 heteroatoms. The van der Waals surface area contributed by atoms with Gasteiger partial charge >= 0.3 is 0 Å². The van der Waals surface area contributed by atoms with Gasteiger partial charge in [0.25, 0.3) is 0 Å². The Kier molecular flexibility index (Phi) is 4.15. The summed E-state index contributed by atoms with van der Waals surface area (Å²) < 4.78 is 28.2. The third-order valence-corrected chi connectivity index (χ3v) is 4.52. The maximum Gasteiger partial charge on any atom is 0.154 e. The minimum atomic E-state index is -2.90. The van der Waals surface area contributed by atoms with Crippen molar-refractivity contribution in [3.63, 3.8) is 0 Å². The van der Waals surface area contributed by atoms with Gasteiger partial charge in [0.05, 0.1) is 17.4 Å². The van der Waals surface area contributed by atoms with E-state index >= 15 is 0 Å². The lowest BCUT2D eigenvalue weighted by Gasteiger charge is -2.11. The normalized spacial score (nSPS) is 21.1. The molecule has 1 aromatic carbocycles. The number of sulfone groups is 1. The second kappa shape index (κ2) is 5.64. The Bertz CT molecular complexity index is 566. The molecule has 0 saturated carbocycles. The van der Waals surface area contributed by atoms with E-state index in [1.54, 1.807) is 12.1 Å². The first kappa shape index (κ1) is 13.3. The molecule has 1 atom stereocenters.